The smallest absolute Gasteiger partial charge is 0.118 e. The number of rotatable bonds is 4. The van der Waals surface area contributed by atoms with Gasteiger partial charge in [-0.05, 0) is 32.9 Å². The summed E-state index contributed by atoms with van der Waals surface area (Å²) in [6.07, 6.45) is 1.68. The Hall–Kier alpha value is -0.610. The Bertz CT molecular complexity index is 339. The van der Waals surface area contributed by atoms with Crippen LogP contribution < -0.4 is 5.32 Å². The van der Waals surface area contributed by atoms with Gasteiger partial charge in [-0.25, -0.2) is 0 Å². The van der Waals surface area contributed by atoms with E-state index in [4.69, 9.17) is 4.42 Å². The molecule has 1 unspecified atom stereocenters. The molecule has 0 bridgehead atoms. The van der Waals surface area contributed by atoms with Crippen molar-refractivity contribution in [2.45, 2.75) is 38.6 Å². The third kappa shape index (κ3) is 5.14. The Morgan fingerprint density at radius 3 is 2.47 bits per heavy atom. The second kappa shape index (κ2) is 4.94. The first-order valence-electron chi connectivity index (χ1n) is 4.99. The fourth-order valence-electron chi connectivity index (χ4n) is 1.15. The Morgan fingerprint density at radius 2 is 1.93 bits per heavy atom. The van der Waals surface area contributed by atoms with Gasteiger partial charge in [-0.1, -0.05) is 0 Å². The molecule has 0 aromatic carbocycles. The minimum absolute atomic E-state index is 0.0839. The van der Waals surface area contributed by atoms with Gasteiger partial charge in [-0.15, -0.1) is 0 Å². The van der Waals surface area contributed by atoms with Crippen LogP contribution in [0.3, 0.4) is 0 Å². The second-order valence-corrected chi connectivity index (χ2v) is 6.12. The molecule has 0 aliphatic heterocycles. The molecule has 86 valence electrons. The molecule has 0 saturated carbocycles. The monoisotopic (exact) mass is 229 g/mol. The fraction of sp³-hybridized carbons (Fsp3) is 0.636. The topological polar surface area (TPSA) is 42.2 Å². The third-order valence-corrected chi connectivity index (χ3v) is 2.55. The lowest BCUT2D eigenvalue weighted by Gasteiger charge is -2.19. The summed E-state index contributed by atoms with van der Waals surface area (Å²) in [5.41, 5.74) is 0.0839. The highest BCUT2D eigenvalue weighted by molar-refractivity contribution is 7.83. The summed E-state index contributed by atoms with van der Waals surface area (Å²) in [6, 6.07) is 3.82. The van der Waals surface area contributed by atoms with Crippen molar-refractivity contribution in [1.82, 2.24) is 5.32 Å². The van der Waals surface area contributed by atoms with E-state index in [0.717, 1.165) is 11.5 Å². The van der Waals surface area contributed by atoms with E-state index in [1.165, 1.54) is 0 Å². The Balaban J connectivity index is 2.50. The van der Waals surface area contributed by atoms with Crippen molar-refractivity contribution in [3.8, 4) is 0 Å². The predicted molar refractivity (Wildman–Crippen MR) is 63.1 cm³/mol. The number of hydrogen-bond acceptors (Lipinski definition) is 3. The van der Waals surface area contributed by atoms with Gasteiger partial charge in [-0.3, -0.25) is 4.21 Å². The van der Waals surface area contributed by atoms with E-state index in [2.05, 4.69) is 26.1 Å². The zero-order chi connectivity index (χ0) is 11.5. The molecule has 1 aromatic rings. The lowest BCUT2D eigenvalue weighted by Crippen LogP contribution is -2.34. The van der Waals surface area contributed by atoms with Crippen LogP contribution >= 0.6 is 0 Å². The van der Waals surface area contributed by atoms with Gasteiger partial charge in [0, 0.05) is 22.6 Å². The first-order valence-corrected chi connectivity index (χ1v) is 6.72. The van der Waals surface area contributed by atoms with Crippen LogP contribution in [-0.2, 0) is 23.1 Å². The standard InChI is InChI=1S/C11H19NO2S/c1-11(2,3)12-7-9-5-6-10(14-9)8-15(4)13/h5-6,12H,7-8H2,1-4H3. The average molecular weight is 229 g/mol. The molecule has 4 heteroatoms. The highest BCUT2D eigenvalue weighted by Gasteiger charge is 2.10. The SMILES string of the molecule is CS(=O)Cc1ccc(CNC(C)(C)C)o1. The van der Waals surface area contributed by atoms with E-state index in [9.17, 15) is 4.21 Å². The second-order valence-electron chi connectivity index (χ2n) is 4.69. The minimum atomic E-state index is -0.838. The van der Waals surface area contributed by atoms with Gasteiger partial charge in [0.15, 0.2) is 0 Å². The van der Waals surface area contributed by atoms with Crippen LogP contribution in [0.1, 0.15) is 32.3 Å². The normalized spacial score (nSPS) is 14.1. The molecule has 0 radical (unpaired) electrons. The first kappa shape index (κ1) is 12.5. The van der Waals surface area contributed by atoms with E-state index in [1.807, 2.05) is 12.1 Å². The van der Waals surface area contributed by atoms with E-state index < -0.39 is 10.8 Å². The maximum atomic E-state index is 11.0. The van der Waals surface area contributed by atoms with Crippen LogP contribution in [-0.4, -0.2) is 16.0 Å². The van der Waals surface area contributed by atoms with Crippen molar-refractivity contribution >= 4 is 10.8 Å². The third-order valence-electron chi connectivity index (χ3n) is 1.86. The quantitative estimate of drug-likeness (QED) is 0.859. The summed E-state index contributed by atoms with van der Waals surface area (Å²) in [7, 11) is -0.838. The first-order chi connectivity index (χ1) is 6.87. The highest BCUT2D eigenvalue weighted by Crippen LogP contribution is 2.11. The van der Waals surface area contributed by atoms with Crippen LogP contribution in [0.2, 0.25) is 0 Å². The predicted octanol–water partition coefficient (Wildman–Crippen LogP) is 2.05. The van der Waals surface area contributed by atoms with Crippen molar-refractivity contribution in [1.29, 1.82) is 0 Å². The largest absolute Gasteiger partial charge is 0.464 e. The van der Waals surface area contributed by atoms with E-state index in [1.54, 1.807) is 6.26 Å². The fourth-order valence-corrected chi connectivity index (χ4v) is 1.70. The van der Waals surface area contributed by atoms with Gasteiger partial charge in [0.1, 0.15) is 11.5 Å². The maximum absolute atomic E-state index is 11.0. The minimum Gasteiger partial charge on any atom is -0.464 e. The summed E-state index contributed by atoms with van der Waals surface area (Å²) in [6.45, 7) is 7.04. The van der Waals surface area contributed by atoms with E-state index in [0.29, 0.717) is 12.3 Å². The molecule has 15 heavy (non-hydrogen) atoms. The molecule has 0 saturated heterocycles. The number of nitrogens with one attached hydrogen (secondary N) is 1. The molecule has 0 spiro atoms. The number of hydrogen-bond donors (Lipinski definition) is 1. The molecule has 3 nitrogen and oxygen atoms in total. The lowest BCUT2D eigenvalue weighted by atomic mass is 10.1. The molecular formula is C11H19NO2S. The molecule has 1 N–H and O–H groups in total. The van der Waals surface area contributed by atoms with Gasteiger partial charge < -0.3 is 9.73 Å². The Labute approximate surface area is 93.7 Å². The molecule has 1 atom stereocenters. The zero-order valence-electron chi connectivity index (χ0n) is 9.79. The average Bonchev–Trinajstić information content (AvgIpc) is 2.46. The van der Waals surface area contributed by atoms with Crippen LogP contribution in [0.15, 0.2) is 16.5 Å². The highest BCUT2D eigenvalue weighted by atomic mass is 32.2. The molecule has 0 aliphatic carbocycles. The molecule has 0 aliphatic rings. The summed E-state index contributed by atoms with van der Waals surface area (Å²) >= 11 is 0. The Morgan fingerprint density at radius 1 is 1.33 bits per heavy atom. The number of furan rings is 1. The molecule has 1 heterocycles. The van der Waals surface area contributed by atoms with Crippen LogP contribution in [0.4, 0.5) is 0 Å². The summed E-state index contributed by atoms with van der Waals surface area (Å²) < 4.78 is 16.5. The van der Waals surface area contributed by atoms with Crippen LogP contribution in [0.25, 0.3) is 0 Å². The van der Waals surface area contributed by atoms with Crippen molar-refractivity contribution in [3.05, 3.63) is 23.7 Å². The van der Waals surface area contributed by atoms with Crippen molar-refractivity contribution < 1.29 is 8.63 Å². The van der Waals surface area contributed by atoms with E-state index >= 15 is 0 Å². The zero-order valence-corrected chi connectivity index (χ0v) is 10.6. The van der Waals surface area contributed by atoms with Crippen molar-refractivity contribution in [3.63, 3.8) is 0 Å². The van der Waals surface area contributed by atoms with Gasteiger partial charge in [0.2, 0.25) is 0 Å². The van der Waals surface area contributed by atoms with Gasteiger partial charge in [0.25, 0.3) is 0 Å². The molecule has 0 amide bonds. The maximum Gasteiger partial charge on any atom is 0.118 e. The van der Waals surface area contributed by atoms with Crippen molar-refractivity contribution in [2.24, 2.45) is 0 Å². The van der Waals surface area contributed by atoms with Crippen LogP contribution in [0, 0.1) is 0 Å². The van der Waals surface area contributed by atoms with Crippen molar-refractivity contribution in [2.75, 3.05) is 6.26 Å². The van der Waals surface area contributed by atoms with Gasteiger partial charge in [0.05, 0.1) is 12.3 Å². The molecule has 1 rings (SSSR count). The summed E-state index contributed by atoms with van der Waals surface area (Å²) in [5.74, 6) is 2.18. The van der Waals surface area contributed by atoms with Gasteiger partial charge >= 0.3 is 0 Å². The summed E-state index contributed by atoms with van der Waals surface area (Å²) in [5, 5.41) is 3.34. The van der Waals surface area contributed by atoms with Crippen LogP contribution in [0.5, 0.6) is 0 Å². The summed E-state index contributed by atoms with van der Waals surface area (Å²) in [4.78, 5) is 0. The molecule has 1 aromatic heterocycles. The lowest BCUT2D eigenvalue weighted by molar-refractivity contribution is 0.382. The molecule has 0 fully saturated rings. The molecular weight excluding hydrogens is 210 g/mol. The van der Waals surface area contributed by atoms with E-state index in [-0.39, 0.29) is 5.54 Å². The van der Waals surface area contributed by atoms with Gasteiger partial charge in [-0.2, -0.15) is 0 Å². The Kier molecular flexibility index (Phi) is 4.11.